The summed E-state index contributed by atoms with van der Waals surface area (Å²) in [5.74, 6) is -7.33. The van der Waals surface area contributed by atoms with Gasteiger partial charge in [-0.15, -0.1) is 0 Å². The predicted molar refractivity (Wildman–Crippen MR) is 118 cm³/mol. The van der Waals surface area contributed by atoms with Gasteiger partial charge in [0.05, 0.1) is 16.7 Å². The van der Waals surface area contributed by atoms with Gasteiger partial charge in [-0.2, -0.15) is 13.2 Å². The quantitative estimate of drug-likeness (QED) is 0.284. The van der Waals surface area contributed by atoms with Crippen LogP contribution >= 0.6 is 0 Å². The van der Waals surface area contributed by atoms with Gasteiger partial charge in [0, 0.05) is 16.3 Å². The first-order chi connectivity index (χ1) is 15.8. The number of hydrogen-bond acceptors (Lipinski definition) is 6. The van der Waals surface area contributed by atoms with Gasteiger partial charge in [-0.25, -0.2) is 8.42 Å². The van der Waals surface area contributed by atoms with Gasteiger partial charge in [-0.3, -0.25) is 14.3 Å². The molecule has 0 heterocycles. The number of carbonyl (C=O) groups excluding carboxylic acids is 2. The minimum Gasteiger partial charge on any atom is -0.507 e. The van der Waals surface area contributed by atoms with Gasteiger partial charge >= 0.3 is 12.1 Å². The molecule has 0 saturated carbocycles. The highest BCUT2D eigenvalue weighted by atomic mass is 32.2. The number of fused-ring (bicyclic) bond motifs is 1. The maximum Gasteiger partial charge on any atom is 0.451 e. The van der Waals surface area contributed by atoms with Crippen LogP contribution < -0.4 is 4.72 Å². The SMILES string of the molecule is CC(C)OC(=O)[C@@H](C(=O)C(F)(F)F)c1cc(NS(=O)(=O)c2ccccc2)c2ccccc2c1O. The normalized spacial score (nSPS) is 13.0. The summed E-state index contributed by atoms with van der Waals surface area (Å²) in [7, 11) is -4.20. The van der Waals surface area contributed by atoms with Crippen molar-refractivity contribution in [3.63, 3.8) is 0 Å². The first kappa shape index (κ1) is 25.0. The number of Topliss-reactive ketones (excluding diaryl/α,β-unsaturated/α-hetero) is 1. The molecule has 0 aliphatic heterocycles. The van der Waals surface area contributed by atoms with Crippen LogP contribution in [0, 0.1) is 0 Å². The van der Waals surface area contributed by atoms with Crippen LogP contribution in [-0.4, -0.2) is 37.6 Å². The van der Waals surface area contributed by atoms with E-state index < -0.39 is 51.3 Å². The van der Waals surface area contributed by atoms with Crippen molar-refractivity contribution >= 4 is 38.2 Å². The molecule has 3 aromatic carbocycles. The van der Waals surface area contributed by atoms with Crippen LogP contribution in [0.5, 0.6) is 5.75 Å². The number of phenols is 1. The number of anilines is 1. The molecule has 1 atom stereocenters. The minimum atomic E-state index is -5.43. The Labute approximate surface area is 193 Å². The number of aromatic hydroxyl groups is 1. The van der Waals surface area contributed by atoms with Crippen molar-refractivity contribution in [2.24, 2.45) is 0 Å². The topological polar surface area (TPSA) is 110 Å². The van der Waals surface area contributed by atoms with Crippen molar-refractivity contribution in [1.82, 2.24) is 0 Å². The number of carbonyl (C=O) groups is 2. The summed E-state index contributed by atoms with van der Waals surface area (Å²) >= 11 is 0. The molecule has 2 N–H and O–H groups in total. The van der Waals surface area contributed by atoms with Gasteiger partial charge in [0.15, 0.2) is 5.92 Å². The average molecular weight is 495 g/mol. The Morgan fingerprint density at radius 2 is 1.53 bits per heavy atom. The molecule has 3 rings (SSSR count). The Balaban J connectivity index is 2.25. The Kier molecular flexibility index (Phi) is 6.87. The molecule has 0 aliphatic carbocycles. The third-order valence-corrected chi connectivity index (χ3v) is 6.17. The zero-order valence-electron chi connectivity index (χ0n) is 18.0. The van der Waals surface area contributed by atoms with E-state index in [2.05, 4.69) is 4.72 Å². The van der Waals surface area contributed by atoms with Crippen LogP contribution in [0.4, 0.5) is 18.9 Å². The zero-order valence-corrected chi connectivity index (χ0v) is 18.8. The van der Waals surface area contributed by atoms with E-state index in [1.54, 1.807) is 6.07 Å². The summed E-state index contributed by atoms with van der Waals surface area (Å²) < 4.78 is 73.0. The van der Waals surface area contributed by atoms with E-state index in [0.29, 0.717) is 0 Å². The van der Waals surface area contributed by atoms with Gasteiger partial charge < -0.3 is 9.84 Å². The van der Waals surface area contributed by atoms with Crippen LogP contribution in [0.3, 0.4) is 0 Å². The molecule has 34 heavy (non-hydrogen) atoms. The number of ketones is 1. The Morgan fingerprint density at radius 3 is 2.09 bits per heavy atom. The number of ether oxygens (including phenoxy) is 1. The van der Waals surface area contributed by atoms with Gasteiger partial charge in [-0.1, -0.05) is 42.5 Å². The van der Waals surface area contributed by atoms with E-state index in [-0.39, 0.29) is 21.4 Å². The Hall–Kier alpha value is -3.60. The lowest BCUT2D eigenvalue weighted by Gasteiger charge is -2.21. The number of esters is 1. The summed E-state index contributed by atoms with van der Waals surface area (Å²) in [6, 6.07) is 13.7. The number of nitrogens with one attached hydrogen (secondary N) is 1. The number of benzene rings is 3. The molecule has 0 spiro atoms. The number of sulfonamides is 1. The highest BCUT2D eigenvalue weighted by Gasteiger charge is 2.49. The van der Waals surface area contributed by atoms with Gasteiger partial charge in [0.2, 0.25) is 0 Å². The standard InChI is InChI=1S/C23H20F3NO6S/c1-13(2)33-22(30)19(21(29)23(24,25)26)17-12-18(15-10-6-7-11-16(15)20(17)28)27-34(31,32)14-8-4-3-5-9-14/h3-13,19,27-28H,1-2H3/t19-/m1/s1. The summed E-state index contributed by atoms with van der Waals surface area (Å²) in [5.41, 5.74) is -0.970. The van der Waals surface area contributed by atoms with Crippen LogP contribution in [-0.2, 0) is 24.3 Å². The largest absolute Gasteiger partial charge is 0.507 e. The molecule has 0 aromatic heterocycles. The van der Waals surface area contributed by atoms with E-state index in [0.717, 1.165) is 6.07 Å². The van der Waals surface area contributed by atoms with Crippen molar-refractivity contribution in [2.45, 2.75) is 36.9 Å². The molecule has 0 fully saturated rings. The second-order valence-corrected chi connectivity index (χ2v) is 9.29. The molecule has 0 aliphatic rings. The third-order valence-electron chi connectivity index (χ3n) is 4.78. The van der Waals surface area contributed by atoms with Crippen molar-refractivity contribution in [3.05, 3.63) is 66.2 Å². The highest BCUT2D eigenvalue weighted by molar-refractivity contribution is 7.92. The van der Waals surface area contributed by atoms with Crippen molar-refractivity contribution in [3.8, 4) is 5.75 Å². The lowest BCUT2D eigenvalue weighted by molar-refractivity contribution is -0.178. The minimum absolute atomic E-state index is 0.0666. The maximum atomic E-state index is 13.4. The predicted octanol–water partition coefficient (Wildman–Crippen LogP) is 4.51. The van der Waals surface area contributed by atoms with Gasteiger partial charge in [0.1, 0.15) is 5.75 Å². The molecular weight excluding hydrogens is 475 g/mol. The molecule has 0 saturated heterocycles. The number of alkyl halides is 3. The van der Waals surface area contributed by atoms with Crippen molar-refractivity contribution < 1.29 is 41.0 Å². The molecule has 3 aromatic rings. The van der Waals surface area contributed by atoms with E-state index in [1.807, 2.05) is 0 Å². The second-order valence-electron chi connectivity index (χ2n) is 7.61. The first-order valence-electron chi connectivity index (χ1n) is 9.97. The fourth-order valence-corrected chi connectivity index (χ4v) is 4.42. The summed E-state index contributed by atoms with van der Waals surface area (Å²) in [6.45, 7) is 2.76. The molecule has 0 radical (unpaired) electrons. The highest BCUT2D eigenvalue weighted by Crippen LogP contribution is 2.41. The fraction of sp³-hybridized carbons (Fsp3) is 0.217. The van der Waals surface area contributed by atoms with E-state index in [9.17, 15) is 36.3 Å². The summed E-state index contributed by atoms with van der Waals surface area (Å²) in [4.78, 5) is 24.6. The summed E-state index contributed by atoms with van der Waals surface area (Å²) in [5, 5.41) is 10.8. The van der Waals surface area contributed by atoms with E-state index >= 15 is 0 Å². The lowest BCUT2D eigenvalue weighted by atomic mass is 9.90. The number of hydrogen-bond donors (Lipinski definition) is 2. The fourth-order valence-electron chi connectivity index (χ4n) is 3.33. The molecule has 0 bridgehead atoms. The second kappa shape index (κ2) is 9.34. The molecule has 180 valence electrons. The molecule has 0 amide bonds. The number of phenolic OH excluding ortho intramolecular Hbond substituents is 1. The Morgan fingerprint density at radius 1 is 0.971 bits per heavy atom. The average Bonchev–Trinajstić information content (AvgIpc) is 2.76. The van der Waals surface area contributed by atoms with Crippen LogP contribution in [0.2, 0.25) is 0 Å². The molecule has 7 nitrogen and oxygen atoms in total. The lowest BCUT2D eigenvalue weighted by Crippen LogP contribution is -2.35. The maximum absolute atomic E-state index is 13.4. The monoisotopic (exact) mass is 495 g/mol. The smallest absolute Gasteiger partial charge is 0.451 e. The van der Waals surface area contributed by atoms with Crippen molar-refractivity contribution in [1.29, 1.82) is 0 Å². The third kappa shape index (κ3) is 5.14. The molecule has 11 heteroatoms. The van der Waals surface area contributed by atoms with Gasteiger partial charge in [0.25, 0.3) is 15.8 Å². The number of rotatable bonds is 7. The van der Waals surface area contributed by atoms with Crippen LogP contribution in [0.25, 0.3) is 10.8 Å². The Bertz CT molecular complexity index is 1340. The van der Waals surface area contributed by atoms with Gasteiger partial charge in [-0.05, 0) is 32.0 Å². The number of halogens is 3. The molecule has 0 unspecified atom stereocenters. The first-order valence-corrected chi connectivity index (χ1v) is 11.4. The van der Waals surface area contributed by atoms with E-state index in [4.69, 9.17) is 4.74 Å². The van der Waals surface area contributed by atoms with Crippen LogP contribution in [0.1, 0.15) is 25.3 Å². The zero-order chi connectivity index (χ0) is 25.3. The summed E-state index contributed by atoms with van der Waals surface area (Å²) in [6.07, 6.45) is -6.28. The van der Waals surface area contributed by atoms with Crippen LogP contribution in [0.15, 0.2) is 65.6 Å². The molecular formula is C23H20F3NO6S. The van der Waals surface area contributed by atoms with E-state index in [1.165, 1.54) is 62.4 Å². The van der Waals surface area contributed by atoms with Crippen molar-refractivity contribution in [2.75, 3.05) is 4.72 Å².